The molecule has 27 heavy (non-hydrogen) atoms. The molecule has 6 heteroatoms. The zero-order chi connectivity index (χ0) is 19.2. The Balaban J connectivity index is 1.49. The number of aromatic nitrogens is 2. The van der Waals surface area contributed by atoms with E-state index in [1.54, 1.807) is 6.07 Å². The van der Waals surface area contributed by atoms with Gasteiger partial charge in [-0.05, 0) is 49.6 Å². The molecule has 0 fully saturated rings. The minimum Gasteiger partial charge on any atom is -0.356 e. The van der Waals surface area contributed by atoms with Crippen molar-refractivity contribution in [2.45, 2.75) is 26.2 Å². The highest BCUT2D eigenvalue weighted by molar-refractivity contribution is 6.31. The molecule has 0 saturated heterocycles. The van der Waals surface area contributed by atoms with Gasteiger partial charge in [0.1, 0.15) is 5.82 Å². The van der Waals surface area contributed by atoms with E-state index in [9.17, 15) is 9.18 Å². The number of halogens is 2. The molecule has 0 saturated carbocycles. The second-order valence-electron chi connectivity index (χ2n) is 6.35. The predicted octanol–water partition coefficient (Wildman–Crippen LogP) is 4.26. The van der Waals surface area contributed by atoms with Gasteiger partial charge in [0.15, 0.2) is 0 Å². The summed E-state index contributed by atoms with van der Waals surface area (Å²) in [7, 11) is 0. The number of aryl methyl sites for hydroxylation is 2. The summed E-state index contributed by atoms with van der Waals surface area (Å²) in [5, 5.41) is 7.64. The summed E-state index contributed by atoms with van der Waals surface area (Å²) >= 11 is 5.96. The third-order valence-corrected chi connectivity index (χ3v) is 4.72. The van der Waals surface area contributed by atoms with Crippen LogP contribution < -0.4 is 5.32 Å². The van der Waals surface area contributed by atoms with Gasteiger partial charge in [-0.15, -0.1) is 0 Å². The first-order chi connectivity index (χ1) is 13.0. The smallest absolute Gasteiger partial charge is 0.224 e. The molecule has 0 aliphatic heterocycles. The van der Waals surface area contributed by atoms with Gasteiger partial charge in [-0.1, -0.05) is 35.9 Å². The van der Waals surface area contributed by atoms with E-state index in [-0.39, 0.29) is 22.9 Å². The molecule has 0 aliphatic rings. The average Bonchev–Trinajstić information content (AvgIpc) is 3.03. The van der Waals surface area contributed by atoms with E-state index >= 15 is 0 Å². The van der Waals surface area contributed by atoms with Gasteiger partial charge in [0.25, 0.3) is 0 Å². The lowest BCUT2D eigenvalue weighted by Gasteiger charge is -2.07. The topological polar surface area (TPSA) is 46.9 Å². The van der Waals surface area contributed by atoms with Crippen LogP contribution in [-0.2, 0) is 17.6 Å². The third-order valence-electron chi connectivity index (χ3n) is 4.37. The van der Waals surface area contributed by atoms with Crippen molar-refractivity contribution in [1.29, 1.82) is 0 Å². The molecule has 0 bridgehead atoms. The Labute approximate surface area is 163 Å². The van der Waals surface area contributed by atoms with Gasteiger partial charge in [0.05, 0.1) is 17.8 Å². The van der Waals surface area contributed by atoms with Crippen molar-refractivity contribution in [3.8, 4) is 5.69 Å². The van der Waals surface area contributed by atoms with Gasteiger partial charge in [-0.3, -0.25) is 4.79 Å². The number of nitrogens with one attached hydrogen (secondary N) is 1. The average molecular weight is 386 g/mol. The Morgan fingerprint density at radius 1 is 1.19 bits per heavy atom. The van der Waals surface area contributed by atoms with Crippen LogP contribution in [0.5, 0.6) is 0 Å². The zero-order valence-corrected chi connectivity index (χ0v) is 15.8. The lowest BCUT2D eigenvalue weighted by atomic mass is 10.1. The van der Waals surface area contributed by atoms with E-state index in [0.29, 0.717) is 6.54 Å². The number of para-hydroxylation sites is 1. The summed E-state index contributed by atoms with van der Waals surface area (Å²) in [4.78, 5) is 12.0. The van der Waals surface area contributed by atoms with E-state index in [1.807, 2.05) is 48.1 Å². The Bertz CT molecular complexity index is 904. The van der Waals surface area contributed by atoms with Crippen molar-refractivity contribution >= 4 is 17.5 Å². The maximum atomic E-state index is 13.7. The molecule has 1 aromatic heterocycles. The van der Waals surface area contributed by atoms with E-state index in [4.69, 9.17) is 11.6 Å². The van der Waals surface area contributed by atoms with Gasteiger partial charge in [0.2, 0.25) is 5.91 Å². The fraction of sp³-hybridized carbons (Fsp3) is 0.238. The fourth-order valence-corrected chi connectivity index (χ4v) is 3.11. The molecule has 1 heterocycles. The monoisotopic (exact) mass is 385 g/mol. The van der Waals surface area contributed by atoms with Gasteiger partial charge >= 0.3 is 0 Å². The number of amides is 1. The van der Waals surface area contributed by atoms with Crippen molar-refractivity contribution in [1.82, 2.24) is 15.1 Å². The highest BCUT2D eigenvalue weighted by Crippen LogP contribution is 2.19. The SMILES string of the molecule is Cc1nn(-c2ccccc2)cc1CCCNC(=O)Cc1c(F)cccc1Cl. The van der Waals surface area contributed by atoms with Gasteiger partial charge < -0.3 is 5.32 Å². The van der Waals surface area contributed by atoms with Gasteiger partial charge in [-0.25, -0.2) is 9.07 Å². The fourth-order valence-electron chi connectivity index (χ4n) is 2.89. The van der Waals surface area contributed by atoms with Gasteiger partial charge in [-0.2, -0.15) is 5.10 Å². The lowest BCUT2D eigenvalue weighted by Crippen LogP contribution is -2.26. The number of rotatable bonds is 7. The molecule has 0 spiro atoms. The second kappa shape index (κ2) is 8.82. The van der Waals surface area contributed by atoms with Crippen LogP contribution in [0.1, 0.15) is 23.2 Å². The molecule has 3 aromatic rings. The minimum atomic E-state index is -0.457. The Morgan fingerprint density at radius 3 is 2.70 bits per heavy atom. The second-order valence-corrected chi connectivity index (χ2v) is 6.76. The van der Waals surface area contributed by atoms with Crippen molar-refractivity contribution in [2.24, 2.45) is 0 Å². The maximum Gasteiger partial charge on any atom is 0.224 e. The van der Waals surface area contributed by atoms with Crippen molar-refractivity contribution < 1.29 is 9.18 Å². The summed E-state index contributed by atoms with van der Waals surface area (Å²) < 4.78 is 15.6. The van der Waals surface area contributed by atoms with Crippen LogP contribution in [0.25, 0.3) is 5.69 Å². The van der Waals surface area contributed by atoms with E-state index in [2.05, 4.69) is 10.4 Å². The quantitative estimate of drug-likeness (QED) is 0.617. The highest BCUT2D eigenvalue weighted by atomic mass is 35.5. The first-order valence-corrected chi connectivity index (χ1v) is 9.22. The molecule has 1 N–H and O–H groups in total. The van der Waals surface area contributed by atoms with Crippen LogP contribution in [0.4, 0.5) is 4.39 Å². The first kappa shape index (κ1) is 19.1. The number of hydrogen-bond donors (Lipinski definition) is 1. The first-order valence-electron chi connectivity index (χ1n) is 8.85. The Hall–Kier alpha value is -2.66. The van der Waals surface area contributed by atoms with Crippen molar-refractivity contribution in [3.63, 3.8) is 0 Å². The molecule has 1 amide bonds. The minimum absolute atomic E-state index is 0.0591. The van der Waals surface area contributed by atoms with E-state index < -0.39 is 5.82 Å². The van der Waals surface area contributed by atoms with Crippen LogP contribution in [0.3, 0.4) is 0 Å². The van der Waals surface area contributed by atoms with Crippen molar-refractivity contribution in [2.75, 3.05) is 6.54 Å². The summed E-state index contributed by atoms with van der Waals surface area (Å²) in [6, 6.07) is 14.3. The molecule has 2 aromatic carbocycles. The maximum absolute atomic E-state index is 13.7. The molecule has 4 nitrogen and oxygen atoms in total. The number of carbonyl (C=O) groups is 1. The Morgan fingerprint density at radius 2 is 1.96 bits per heavy atom. The standard InChI is InChI=1S/C21H21ClFN3O/c1-15-16(14-26(25-15)17-8-3-2-4-9-17)7-6-12-24-21(27)13-18-19(22)10-5-11-20(18)23/h2-5,8-11,14H,6-7,12-13H2,1H3,(H,24,27). The molecule has 0 radical (unpaired) electrons. The normalized spacial score (nSPS) is 10.8. The van der Waals surface area contributed by atoms with Crippen molar-refractivity contribution in [3.05, 3.63) is 82.4 Å². The van der Waals surface area contributed by atoms with Gasteiger partial charge in [0, 0.05) is 23.3 Å². The molecule has 0 atom stereocenters. The van der Waals surface area contributed by atoms with Crippen LogP contribution in [0.15, 0.2) is 54.7 Å². The van der Waals surface area contributed by atoms with Crippen LogP contribution >= 0.6 is 11.6 Å². The number of carbonyl (C=O) groups excluding carboxylic acids is 1. The number of benzene rings is 2. The molecular weight excluding hydrogens is 365 g/mol. The zero-order valence-electron chi connectivity index (χ0n) is 15.1. The summed E-state index contributed by atoms with van der Waals surface area (Å²) in [6.45, 7) is 2.49. The van der Waals surface area contributed by atoms with Crippen LogP contribution in [-0.4, -0.2) is 22.2 Å². The molecular formula is C21H21ClFN3O. The number of nitrogens with zero attached hydrogens (tertiary/aromatic N) is 2. The molecule has 0 unspecified atom stereocenters. The summed E-state index contributed by atoms with van der Waals surface area (Å²) in [5.41, 5.74) is 3.37. The van der Waals surface area contributed by atoms with E-state index in [1.165, 1.54) is 12.1 Å². The highest BCUT2D eigenvalue weighted by Gasteiger charge is 2.12. The Kier molecular flexibility index (Phi) is 6.24. The largest absolute Gasteiger partial charge is 0.356 e. The predicted molar refractivity (Wildman–Crippen MR) is 105 cm³/mol. The molecule has 140 valence electrons. The lowest BCUT2D eigenvalue weighted by molar-refractivity contribution is -0.120. The molecule has 0 aliphatic carbocycles. The molecule has 3 rings (SSSR count). The van der Waals surface area contributed by atoms with Crippen LogP contribution in [0.2, 0.25) is 5.02 Å². The summed E-state index contributed by atoms with van der Waals surface area (Å²) in [6.07, 6.45) is 3.54. The third kappa shape index (κ3) is 4.95. The van der Waals surface area contributed by atoms with E-state index in [0.717, 1.165) is 29.8 Å². The summed E-state index contributed by atoms with van der Waals surface area (Å²) in [5.74, 6) is -0.694. The number of hydrogen-bond acceptors (Lipinski definition) is 2. The van der Waals surface area contributed by atoms with Crippen LogP contribution in [0, 0.1) is 12.7 Å².